The summed E-state index contributed by atoms with van der Waals surface area (Å²) in [6.45, 7) is 8.73. The number of carbonyl (C=O) groups is 1. The first-order valence-corrected chi connectivity index (χ1v) is 14.7. The van der Waals surface area contributed by atoms with Gasteiger partial charge in [0.2, 0.25) is 0 Å². The number of aromatic amines is 1. The standard InChI is InChI=1S/C32H38N4O2S/c1-22-15-19-39-30(22)31(37)33-29-20-24(21-36-17-13-23(14-18-36)12-16-32(2,3)38)8-9-25(29)10-11-28-26-6-4-5-7-27(26)34-35-28/h4-11,15,19-20,23,38H,12-14,16-18,21H2,1-3H3,(H,33,37)(H,34,35)/b11-10+. The van der Waals surface area contributed by atoms with Crippen molar-refractivity contribution in [1.82, 2.24) is 15.1 Å². The number of aromatic nitrogens is 2. The van der Waals surface area contributed by atoms with Gasteiger partial charge in [0.15, 0.2) is 0 Å². The van der Waals surface area contributed by atoms with Crippen LogP contribution in [0.2, 0.25) is 0 Å². The quantitative estimate of drug-likeness (QED) is 0.210. The number of aliphatic hydroxyl groups is 1. The number of fused-ring (bicyclic) bond motifs is 1. The molecule has 0 spiro atoms. The van der Waals surface area contributed by atoms with Crippen LogP contribution in [0.5, 0.6) is 0 Å². The van der Waals surface area contributed by atoms with Crippen molar-refractivity contribution in [3.63, 3.8) is 0 Å². The third-order valence-electron chi connectivity index (χ3n) is 7.63. The molecule has 39 heavy (non-hydrogen) atoms. The first-order chi connectivity index (χ1) is 18.7. The van der Waals surface area contributed by atoms with Crippen molar-refractivity contribution < 1.29 is 9.90 Å². The molecule has 0 radical (unpaired) electrons. The van der Waals surface area contributed by atoms with Crippen LogP contribution in [0.25, 0.3) is 23.1 Å². The Kier molecular flexibility index (Phi) is 8.31. The summed E-state index contributed by atoms with van der Waals surface area (Å²) in [7, 11) is 0. The first-order valence-electron chi connectivity index (χ1n) is 13.8. The zero-order valence-electron chi connectivity index (χ0n) is 23.0. The molecule has 1 aliphatic rings. The number of anilines is 1. The second-order valence-corrected chi connectivity index (χ2v) is 12.3. The fraction of sp³-hybridized carbons (Fsp3) is 0.375. The molecule has 1 amide bonds. The van der Waals surface area contributed by atoms with Gasteiger partial charge in [-0.3, -0.25) is 14.8 Å². The summed E-state index contributed by atoms with van der Waals surface area (Å²) in [5.41, 5.74) is 5.21. The molecule has 7 heteroatoms. The number of likely N-dealkylation sites (tertiary alicyclic amines) is 1. The van der Waals surface area contributed by atoms with E-state index in [2.05, 4.69) is 44.7 Å². The SMILES string of the molecule is Cc1ccsc1C(=O)Nc1cc(CN2CCC(CCC(C)(C)O)CC2)ccc1/C=C/c1n[nH]c2ccccc12. The maximum absolute atomic E-state index is 13.2. The van der Waals surface area contributed by atoms with Crippen molar-refractivity contribution in [3.05, 3.63) is 81.2 Å². The molecule has 1 fully saturated rings. The second-order valence-electron chi connectivity index (χ2n) is 11.4. The van der Waals surface area contributed by atoms with Crippen LogP contribution in [0.15, 0.2) is 53.9 Å². The summed E-state index contributed by atoms with van der Waals surface area (Å²) in [5.74, 6) is 0.606. The lowest BCUT2D eigenvalue weighted by molar-refractivity contribution is 0.0574. The van der Waals surface area contributed by atoms with Gasteiger partial charge >= 0.3 is 0 Å². The van der Waals surface area contributed by atoms with E-state index in [1.54, 1.807) is 0 Å². The minimum Gasteiger partial charge on any atom is -0.390 e. The summed E-state index contributed by atoms with van der Waals surface area (Å²) >= 11 is 1.47. The van der Waals surface area contributed by atoms with Crippen LogP contribution in [0.3, 0.4) is 0 Å². The number of amides is 1. The number of hydrogen-bond acceptors (Lipinski definition) is 5. The molecule has 0 unspecified atom stereocenters. The van der Waals surface area contributed by atoms with Crippen molar-refractivity contribution in [2.75, 3.05) is 18.4 Å². The summed E-state index contributed by atoms with van der Waals surface area (Å²) in [6.07, 6.45) is 8.29. The van der Waals surface area contributed by atoms with Gasteiger partial charge in [-0.25, -0.2) is 0 Å². The Morgan fingerprint density at radius 2 is 1.97 bits per heavy atom. The van der Waals surface area contributed by atoms with Gasteiger partial charge in [-0.15, -0.1) is 11.3 Å². The lowest BCUT2D eigenvalue weighted by Crippen LogP contribution is -2.34. The maximum atomic E-state index is 13.2. The predicted molar refractivity (Wildman–Crippen MR) is 162 cm³/mol. The van der Waals surface area contributed by atoms with E-state index in [1.165, 1.54) is 16.9 Å². The molecule has 204 valence electrons. The minimum atomic E-state index is -0.583. The van der Waals surface area contributed by atoms with Crippen molar-refractivity contribution in [3.8, 4) is 0 Å². The van der Waals surface area contributed by atoms with Gasteiger partial charge in [0.05, 0.1) is 21.7 Å². The summed E-state index contributed by atoms with van der Waals surface area (Å²) in [4.78, 5) is 16.4. The number of carbonyl (C=O) groups excluding carboxylic acids is 1. The molecule has 0 saturated carbocycles. The topological polar surface area (TPSA) is 81.2 Å². The van der Waals surface area contributed by atoms with Crippen molar-refractivity contribution in [1.29, 1.82) is 0 Å². The van der Waals surface area contributed by atoms with Crippen LogP contribution in [0.4, 0.5) is 5.69 Å². The molecule has 3 heterocycles. The Hall–Kier alpha value is -3.26. The van der Waals surface area contributed by atoms with Crippen LogP contribution < -0.4 is 5.32 Å². The van der Waals surface area contributed by atoms with Gasteiger partial charge in [0, 0.05) is 17.6 Å². The number of nitrogens with one attached hydrogen (secondary N) is 2. The van der Waals surface area contributed by atoms with E-state index in [9.17, 15) is 9.90 Å². The number of hydrogen-bond donors (Lipinski definition) is 3. The van der Waals surface area contributed by atoms with Crippen molar-refractivity contribution in [2.45, 2.75) is 58.6 Å². The van der Waals surface area contributed by atoms with Gasteiger partial charge < -0.3 is 10.4 Å². The van der Waals surface area contributed by atoms with E-state index < -0.39 is 5.60 Å². The van der Waals surface area contributed by atoms with Gasteiger partial charge in [0.1, 0.15) is 0 Å². The highest BCUT2D eigenvalue weighted by Gasteiger charge is 2.22. The number of para-hydroxylation sites is 1. The Morgan fingerprint density at radius 3 is 2.72 bits per heavy atom. The average Bonchev–Trinajstić information content (AvgIpc) is 3.53. The monoisotopic (exact) mass is 542 g/mol. The lowest BCUT2D eigenvalue weighted by atomic mass is 9.88. The lowest BCUT2D eigenvalue weighted by Gasteiger charge is -2.33. The summed E-state index contributed by atoms with van der Waals surface area (Å²) in [5, 5.41) is 23.8. The summed E-state index contributed by atoms with van der Waals surface area (Å²) < 4.78 is 0. The van der Waals surface area contributed by atoms with Crippen LogP contribution >= 0.6 is 11.3 Å². The normalized spacial score (nSPS) is 15.4. The van der Waals surface area contributed by atoms with E-state index in [0.29, 0.717) is 5.92 Å². The minimum absolute atomic E-state index is 0.0767. The zero-order chi connectivity index (χ0) is 27.4. The Bertz CT molecular complexity index is 1450. The molecule has 1 aliphatic heterocycles. The number of aryl methyl sites for hydroxylation is 1. The Labute approximate surface area is 234 Å². The van der Waals surface area contributed by atoms with Crippen molar-refractivity contribution in [2.24, 2.45) is 5.92 Å². The van der Waals surface area contributed by atoms with Gasteiger partial charge in [0.25, 0.3) is 5.91 Å². The smallest absolute Gasteiger partial charge is 0.266 e. The molecular formula is C32H38N4O2S. The van der Waals surface area contributed by atoms with E-state index in [4.69, 9.17) is 0 Å². The molecule has 2 aromatic heterocycles. The van der Waals surface area contributed by atoms with Crippen LogP contribution in [0, 0.1) is 12.8 Å². The highest BCUT2D eigenvalue weighted by Crippen LogP contribution is 2.28. The van der Waals surface area contributed by atoms with E-state index in [1.807, 2.05) is 62.6 Å². The number of nitrogens with zero attached hydrogens (tertiary/aromatic N) is 2. The fourth-order valence-electron chi connectivity index (χ4n) is 5.27. The largest absolute Gasteiger partial charge is 0.390 e. The van der Waals surface area contributed by atoms with E-state index in [-0.39, 0.29) is 5.91 Å². The van der Waals surface area contributed by atoms with Crippen LogP contribution in [0.1, 0.15) is 71.6 Å². The van der Waals surface area contributed by atoms with Crippen LogP contribution in [-0.4, -0.2) is 44.8 Å². The Balaban J connectivity index is 1.32. The molecule has 6 nitrogen and oxygen atoms in total. The third kappa shape index (κ3) is 7.04. The predicted octanol–water partition coefficient (Wildman–Crippen LogP) is 7.12. The third-order valence-corrected chi connectivity index (χ3v) is 8.65. The first kappa shape index (κ1) is 27.3. The maximum Gasteiger partial charge on any atom is 0.266 e. The average molecular weight is 543 g/mol. The zero-order valence-corrected chi connectivity index (χ0v) is 23.9. The molecular weight excluding hydrogens is 504 g/mol. The van der Waals surface area contributed by atoms with Crippen molar-refractivity contribution >= 4 is 46.0 Å². The number of benzene rings is 2. The molecule has 4 aromatic rings. The summed E-state index contributed by atoms with van der Waals surface area (Å²) in [6, 6.07) is 16.4. The molecule has 3 N–H and O–H groups in total. The number of thiophene rings is 1. The Morgan fingerprint density at radius 1 is 1.18 bits per heavy atom. The molecule has 5 rings (SSSR count). The second kappa shape index (κ2) is 11.9. The van der Waals surface area contributed by atoms with Gasteiger partial charge in [-0.05, 0) is 112 Å². The highest BCUT2D eigenvalue weighted by molar-refractivity contribution is 7.12. The molecule has 0 bridgehead atoms. The fourth-order valence-corrected chi connectivity index (χ4v) is 6.09. The number of rotatable bonds is 9. The molecule has 2 aromatic carbocycles. The molecule has 0 aliphatic carbocycles. The highest BCUT2D eigenvalue weighted by atomic mass is 32.1. The number of piperidine rings is 1. The molecule has 0 atom stereocenters. The van der Waals surface area contributed by atoms with Crippen LogP contribution in [-0.2, 0) is 6.54 Å². The van der Waals surface area contributed by atoms with E-state index >= 15 is 0 Å². The molecule has 1 saturated heterocycles. The number of H-pyrrole nitrogens is 1. The van der Waals surface area contributed by atoms with Gasteiger partial charge in [-0.2, -0.15) is 5.10 Å². The van der Waals surface area contributed by atoms with E-state index in [0.717, 1.165) is 83.6 Å². The van der Waals surface area contributed by atoms with Gasteiger partial charge in [-0.1, -0.05) is 36.4 Å².